The lowest BCUT2D eigenvalue weighted by Gasteiger charge is -2.44. The standard InChI is InChI=1S/C20H20ClFN6OS/c1-23-17(29)7-13-10-25-19(30-13)15-4-5-16(28-27-15)26-11-20(8-12(22)9-20)18-14(21)3-2-6-24-18/h2-6,10,12H,7-9,11H2,1H3,(H,23,29)(H,26,28)/t12-,20-. The lowest BCUT2D eigenvalue weighted by Crippen LogP contribution is -2.48. The zero-order valence-electron chi connectivity index (χ0n) is 16.2. The average molecular weight is 447 g/mol. The predicted molar refractivity (Wildman–Crippen MR) is 114 cm³/mol. The van der Waals surface area contributed by atoms with Crippen molar-refractivity contribution in [2.24, 2.45) is 0 Å². The molecule has 3 aromatic rings. The van der Waals surface area contributed by atoms with E-state index < -0.39 is 11.6 Å². The van der Waals surface area contributed by atoms with Crippen LogP contribution in [0.15, 0.2) is 36.7 Å². The maximum Gasteiger partial charge on any atom is 0.225 e. The van der Waals surface area contributed by atoms with Crippen LogP contribution in [0.3, 0.4) is 0 Å². The van der Waals surface area contributed by atoms with E-state index in [1.807, 2.05) is 12.1 Å². The molecule has 0 spiro atoms. The maximum absolute atomic E-state index is 13.7. The van der Waals surface area contributed by atoms with Crippen molar-refractivity contribution in [1.82, 2.24) is 25.5 Å². The lowest BCUT2D eigenvalue weighted by molar-refractivity contribution is -0.119. The van der Waals surface area contributed by atoms with Crippen LogP contribution in [0.1, 0.15) is 23.4 Å². The Hall–Kier alpha value is -2.65. The van der Waals surface area contributed by atoms with Crippen LogP contribution in [-0.2, 0) is 16.6 Å². The fourth-order valence-electron chi connectivity index (χ4n) is 3.54. The van der Waals surface area contributed by atoms with Crippen LogP contribution >= 0.6 is 22.9 Å². The van der Waals surface area contributed by atoms with Crippen molar-refractivity contribution in [3.8, 4) is 10.7 Å². The Morgan fingerprint density at radius 3 is 2.80 bits per heavy atom. The highest BCUT2D eigenvalue weighted by Crippen LogP contribution is 2.46. The number of halogens is 2. The highest BCUT2D eigenvalue weighted by Gasteiger charge is 2.48. The van der Waals surface area contributed by atoms with Gasteiger partial charge in [-0.2, -0.15) is 0 Å². The van der Waals surface area contributed by atoms with Gasteiger partial charge in [-0.1, -0.05) is 11.6 Å². The van der Waals surface area contributed by atoms with Crippen LogP contribution in [0.4, 0.5) is 10.2 Å². The van der Waals surface area contributed by atoms with Gasteiger partial charge in [0.25, 0.3) is 0 Å². The Labute approximate surface area is 182 Å². The molecule has 0 aromatic carbocycles. The van der Waals surface area contributed by atoms with Gasteiger partial charge < -0.3 is 10.6 Å². The lowest BCUT2D eigenvalue weighted by atomic mass is 9.65. The number of anilines is 1. The average Bonchev–Trinajstić information content (AvgIpc) is 3.19. The summed E-state index contributed by atoms with van der Waals surface area (Å²) in [6.07, 6.45) is 3.52. The molecule has 1 aliphatic rings. The molecule has 3 heterocycles. The highest BCUT2D eigenvalue weighted by molar-refractivity contribution is 7.15. The number of pyridine rings is 1. The quantitative estimate of drug-likeness (QED) is 0.577. The zero-order chi connectivity index (χ0) is 21.1. The number of carbonyl (C=O) groups is 1. The topological polar surface area (TPSA) is 92.7 Å². The first kappa shape index (κ1) is 20.6. The van der Waals surface area contributed by atoms with Gasteiger partial charge in [-0.15, -0.1) is 21.5 Å². The molecule has 0 atom stereocenters. The van der Waals surface area contributed by atoms with Gasteiger partial charge in [0.1, 0.15) is 22.7 Å². The Kier molecular flexibility index (Phi) is 5.92. The molecule has 3 aromatic heterocycles. The van der Waals surface area contributed by atoms with Crippen molar-refractivity contribution in [3.63, 3.8) is 0 Å². The third kappa shape index (κ3) is 4.27. The Morgan fingerprint density at radius 1 is 1.30 bits per heavy atom. The number of alkyl halides is 1. The molecule has 4 rings (SSSR count). The molecule has 0 unspecified atom stereocenters. The van der Waals surface area contributed by atoms with Crippen LogP contribution in [0.2, 0.25) is 5.02 Å². The Bertz CT molecular complexity index is 1040. The first-order chi connectivity index (χ1) is 14.5. The van der Waals surface area contributed by atoms with E-state index in [2.05, 4.69) is 30.8 Å². The van der Waals surface area contributed by atoms with Gasteiger partial charge >= 0.3 is 0 Å². The summed E-state index contributed by atoms with van der Waals surface area (Å²) >= 11 is 7.72. The number of nitrogens with one attached hydrogen (secondary N) is 2. The van der Waals surface area contributed by atoms with Gasteiger partial charge in [0.15, 0.2) is 0 Å². The molecule has 1 saturated carbocycles. The van der Waals surface area contributed by atoms with E-state index in [9.17, 15) is 9.18 Å². The summed E-state index contributed by atoms with van der Waals surface area (Å²) in [7, 11) is 1.60. The molecule has 1 aliphatic carbocycles. The van der Waals surface area contributed by atoms with Crippen molar-refractivity contribution in [3.05, 3.63) is 52.3 Å². The summed E-state index contributed by atoms with van der Waals surface area (Å²) in [6, 6.07) is 7.16. The highest BCUT2D eigenvalue weighted by atomic mass is 35.5. The van der Waals surface area contributed by atoms with Gasteiger partial charge in [0.2, 0.25) is 5.91 Å². The third-order valence-corrected chi connectivity index (χ3v) is 6.47. The minimum atomic E-state index is -0.854. The largest absolute Gasteiger partial charge is 0.368 e. The molecule has 156 valence electrons. The minimum Gasteiger partial charge on any atom is -0.368 e. The zero-order valence-corrected chi connectivity index (χ0v) is 17.8. The van der Waals surface area contributed by atoms with Crippen molar-refractivity contribution in [1.29, 1.82) is 0 Å². The number of hydrogen-bond donors (Lipinski definition) is 2. The summed E-state index contributed by atoms with van der Waals surface area (Å²) in [5.74, 6) is 0.513. The number of thiazole rings is 1. The second kappa shape index (κ2) is 8.61. The van der Waals surface area contributed by atoms with Gasteiger partial charge in [-0.25, -0.2) is 9.37 Å². The van der Waals surface area contributed by atoms with Crippen LogP contribution < -0.4 is 10.6 Å². The fraction of sp³-hybridized carbons (Fsp3) is 0.350. The minimum absolute atomic E-state index is 0.0655. The third-order valence-electron chi connectivity index (χ3n) is 5.14. The molecule has 0 aliphatic heterocycles. The van der Waals surface area contributed by atoms with Crippen molar-refractivity contribution >= 4 is 34.7 Å². The van der Waals surface area contributed by atoms with E-state index in [4.69, 9.17) is 11.6 Å². The normalized spacial score (nSPS) is 20.4. The van der Waals surface area contributed by atoms with Crippen LogP contribution in [0, 0.1) is 0 Å². The van der Waals surface area contributed by atoms with Crippen LogP contribution in [0.25, 0.3) is 10.7 Å². The van der Waals surface area contributed by atoms with Crippen LogP contribution in [0.5, 0.6) is 0 Å². The second-order valence-electron chi connectivity index (χ2n) is 7.26. The first-order valence-electron chi connectivity index (χ1n) is 9.47. The number of aromatic nitrogens is 4. The summed E-state index contributed by atoms with van der Waals surface area (Å²) in [6.45, 7) is 0.464. The molecule has 2 N–H and O–H groups in total. The van der Waals surface area contributed by atoms with E-state index in [-0.39, 0.29) is 12.3 Å². The van der Waals surface area contributed by atoms with Crippen molar-refractivity contribution in [2.75, 3.05) is 18.9 Å². The van der Waals surface area contributed by atoms with E-state index in [0.717, 1.165) is 4.88 Å². The van der Waals surface area contributed by atoms with E-state index in [1.54, 1.807) is 31.6 Å². The molecular formula is C20H20ClFN6OS. The summed E-state index contributed by atoms with van der Waals surface area (Å²) < 4.78 is 13.7. The molecular weight excluding hydrogens is 427 g/mol. The van der Waals surface area contributed by atoms with E-state index in [1.165, 1.54) is 11.3 Å². The van der Waals surface area contributed by atoms with Gasteiger partial charge in [-0.3, -0.25) is 9.78 Å². The fourth-order valence-corrected chi connectivity index (χ4v) is 4.74. The van der Waals surface area contributed by atoms with Gasteiger partial charge in [0.05, 0.1) is 17.1 Å². The summed E-state index contributed by atoms with van der Waals surface area (Å²) in [5.41, 5.74) is 0.884. The summed E-state index contributed by atoms with van der Waals surface area (Å²) in [4.78, 5) is 21.1. The number of carbonyl (C=O) groups excluding carboxylic acids is 1. The number of hydrogen-bond acceptors (Lipinski definition) is 7. The first-order valence-corrected chi connectivity index (χ1v) is 10.7. The van der Waals surface area contributed by atoms with E-state index in [0.29, 0.717) is 46.6 Å². The smallest absolute Gasteiger partial charge is 0.225 e. The number of likely N-dealkylation sites (N-methyl/N-ethyl adjacent to an activating group) is 1. The predicted octanol–water partition coefficient (Wildman–Crippen LogP) is 3.42. The molecule has 0 bridgehead atoms. The number of rotatable bonds is 7. The monoisotopic (exact) mass is 446 g/mol. The number of nitrogens with zero attached hydrogens (tertiary/aromatic N) is 4. The maximum atomic E-state index is 13.7. The molecule has 0 radical (unpaired) electrons. The second-order valence-corrected chi connectivity index (χ2v) is 8.78. The molecule has 10 heteroatoms. The molecule has 7 nitrogen and oxygen atoms in total. The molecule has 0 saturated heterocycles. The van der Waals surface area contributed by atoms with Crippen molar-refractivity contribution in [2.45, 2.75) is 30.8 Å². The molecule has 30 heavy (non-hydrogen) atoms. The Morgan fingerprint density at radius 2 is 2.13 bits per heavy atom. The Balaban J connectivity index is 1.44. The van der Waals surface area contributed by atoms with Crippen molar-refractivity contribution < 1.29 is 9.18 Å². The van der Waals surface area contributed by atoms with E-state index >= 15 is 0 Å². The molecule has 1 amide bonds. The van der Waals surface area contributed by atoms with Gasteiger partial charge in [-0.05, 0) is 37.1 Å². The summed E-state index contributed by atoms with van der Waals surface area (Å²) in [5, 5.41) is 15.5. The van der Waals surface area contributed by atoms with Gasteiger partial charge in [0, 0.05) is 36.3 Å². The SMILES string of the molecule is CNC(=O)Cc1cnc(-c2ccc(NC[C@]3(c4ncccc4Cl)C[C@H](F)C3)nn2)s1. The molecule has 1 fully saturated rings. The van der Waals surface area contributed by atoms with Crippen LogP contribution in [-0.4, -0.2) is 45.8 Å². The number of amides is 1.